The van der Waals surface area contributed by atoms with Gasteiger partial charge in [-0.05, 0) is 106 Å². The van der Waals surface area contributed by atoms with Crippen molar-refractivity contribution in [1.82, 2.24) is 4.90 Å². The van der Waals surface area contributed by atoms with Gasteiger partial charge in [0.15, 0.2) is 13.2 Å². The molecule has 0 bridgehead atoms. The van der Waals surface area contributed by atoms with Gasteiger partial charge in [-0.25, -0.2) is 19.2 Å². The Kier molecular flexibility index (Phi) is 13.9. The van der Waals surface area contributed by atoms with Crippen molar-refractivity contribution in [3.63, 3.8) is 0 Å². The van der Waals surface area contributed by atoms with Crippen molar-refractivity contribution >= 4 is 80.2 Å². The molecule has 15 nitrogen and oxygen atoms in total. The SMILES string of the molecule is CCOC(=O)c1c(NC(=O)COC(=O)[C@@H](CC(C)C)N2C(=O)c3ccc(C(=O)OCC(=O)Nc4sc5c(c4C(=O)OCC)CC[C@H](C)C5)cc3C2=O)sc2c1CC[C@@H](C)C2. The van der Waals surface area contributed by atoms with Crippen molar-refractivity contribution in [2.75, 3.05) is 37.1 Å². The first kappa shape index (κ1) is 44.1. The molecular formula is C43H49N3O12S2. The summed E-state index contributed by atoms with van der Waals surface area (Å²) >= 11 is 2.58. The van der Waals surface area contributed by atoms with Crippen LogP contribution in [0.1, 0.15) is 133 Å². The third-order valence-electron chi connectivity index (χ3n) is 10.6. The lowest BCUT2D eigenvalue weighted by Crippen LogP contribution is -2.46. The van der Waals surface area contributed by atoms with E-state index in [0.717, 1.165) is 57.5 Å². The van der Waals surface area contributed by atoms with Crippen LogP contribution < -0.4 is 10.6 Å². The molecular weight excluding hydrogens is 815 g/mol. The molecule has 0 spiro atoms. The molecule has 1 aromatic carbocycles. The van der Waals surface area contributed by atoms with Crippen LogP contribution in [0.3, 0.4) is 0 Å². The van der Waals surface area contributed by atoms with Gasteiger partial charge in [-0.3, -0.25) is 24.1 Å². The van der Waals surface area contributed by atoms with Crippen molar-refractivity contribution in [3.8, 4) is 0 Å². The largest absolute Gasteiger partial charge is 0.462 e. The number of esters is 4. The van der Waals surface area contributed by atoms with Gasteiger partial charge in [0.05, 0.1) is 41.0 Å². The molecule has 3 aromatic rings. The minimum absolute atomic E-state index is 0.0168. The highest BCUT2D eigenvalue weighted by molar-refractivity contribution is 7.17. The molecule has 3 heterocycles. The molecule has 17 heteroatoms. The summed E-state index contributed by atoms with van der Waals surface area (Å²) in [6.45, 7) is 10.1. The Morgan fingerprint density at radius 1 is 0.717 bits per heavy atom. The maximum Gasteiger partial charge on any atom is 0.341 e. The number of nitrogens with zero attached hydrogens (tertiary/aromatic N) is 1. The first-order valence-electron chi connectivity index (χ1n) is 20.2. The van der Waals surface area contributed by atoms with E-state index in [4.69, 9.17) is 18.9 Å². The summed E-state index contributed by atoms with van der Waals surface area (Å²) in [5.74, 6) is -5.43. The first-order valence-corrected chi connectivity index (χ1v) is 21.8. The smallest absolute Gasteiger partial charge is 0.341 e. The van der Waals surface area contributed by atoms with Crippen LogP contribution in [-0.2, 0) is 59.0 Å². The van der Waals surface area contributed by atoms with Gasteiger partial charge in [0.25, 0.3) is 23.6 Å². The summed E-state index contributed by atoms with van der Waals surface area (Å²) in [6.07, 6.45) is 4.67. The Hall–Kier alpha value is -5.42. The van der Waals surface area contributed by atoms with E-state index in [2.05, 4.69) is 24.5 Å². The number of anilines is 2. The molecule has 0 saturated carbocycles. The number of amides is 4. The van der Waals surface area contributed by atoms with Gasteiger partial charge in [-0.2, -0.15) is 0 Å². The number of carbonyl (C=O) groups excluding carboxylic acids is 8. The first-order chi connectivity index (χ1) is 28.6. The van der Waals surface area contributed by atoms with Crippen LogP contribution in [0.15, 0.2) is 18.2 Å². The molecule has 2 aliphatic carbocycles. The van der Waals surface area contributed by atoms with Crippen LogP contribution >= 0.6 is 22.7 Å². The number of fused-ring (bicyclic) bond motifs is 3. The molecule has 4 amide bonds. The average molecular weight is 864 g/mol. The zero-order valence-corrected chi connectivity index (χ0v) is 36.1. The highest BCUT2D eigenvalue weighted by atomic mass is 32.1. The lowest BCUT2D eigenvalue weighted by molar-refractivity contribution is -0.151. The Balaban J connectivity index is 1.10. The third kappa shape index (κ3) is 9.46. The van der Waals surface area contributed by atoms with Crippen LogP contribution in [0.2, 0.25) is 0 Å². The molecule has 0 unspecified atom stereocenters. The van der Waals surface area contributed by atoms with E-state index in [1.165, 1.54) is 34.8 Å². The molecule has 0 radical (unpaired) electrons. The second kappa shape index (κ2) is 18.9. The van der Waals surface area contributed by atoms with Crippen molar-refractivity contribution in [3.05, 3.63) is 66.9 Å². The molecule has 2 aromatic heterocycles. The molecule has 3 aliphatic rings. The lowest BCUT2D eigenvalue weighted by atomic mass is 9.88. The quantitative estimate of drug-likeness (QED) is 0.0969. The van der Waals surface area contributed by atoms with E-state index >= 15 is 0 Å². The Morgan fingerprint density at radius 2 is 1.22 bits per heavy atom. The van der Waals surface area contributed by atoms with Gasteiger partial charge >= 0.3 is 23.9 Å². The van der Waals surface area contributed by atoms with E-state index in [9.17, 15) is 38.4 Å². The van der Waals surface area contributed by atoms with Crippen molar-refractivity contribution < 1.29 is 57.3 Å². The standard InChI is InChI=1S/C43H49N3O12S2/c1-7-55-42(53)34-26-12-9-22(5)16-30(26)59-36(34)44-32(47)19-57-40(51)24-11-14-25-28(18-24)39(50)46(38(25)49)29(15-21(3)4)41(52)58-20-33(48)45-37-35(43(54)56-8-2)27-13-10-23(6)17-31(27)60-37/h11,14,18,21-23,29H,7-10,12-13,15-17,19-20H2,1-6H3,(H,44,47)(H,45,48)/t22-,23+,29+/m0/s1. The fraction of sp³-hybridized carbons (Fsp3) is 0.488. The summed E-state index contributed by atoms with van der Waals surface area (Å²) < 4.78 is 21.2. The zero-order chi connectivity index (χ0) is 43.4. The average Bonchev–Trinajstić information content (AvgIpc) is 3.82. The predicted octanol–water partition coefficient (Wildman–Crippen LogP) is 6.40. The molecule has 0 saturated heterocycles. The van der Waals surface area contributed by atoms with Crippen LogP contribution in [0.5, 0.6) is 0 Å². The van der Waals surface area contributed by atoms with E-state index in [1.54, 1.807) is 27.7 Å². The minimum Gasteiger partial charge on any atom is -0.462 e. The number of thiophene rings is 2. The third-order valence-corrected chi connectivity index (χ3v) is 12.9. The van der Waals surface area contributed by atoms with Crippen LogP contribution in [0, 0.1) is 17.8 Å². The van der Waals surface area contributed by atoms with E-state index in [0.29, 0.717) is 45.8 Å². The van der Waals surface area contributed by atoms with Gasteiger partial charge < -0.3 is 29.6 Å². The normalized spacial score (nSPS) is 17.3. The number of hydrogen-bond donors (Lipinski definition) is 2. The summed E-state index contributed by atoms with van der Waals surface area (Å²) in [5, 5.41) is 6.01. The van der Waals surface area contributed by atoms with Gasteiger partial charge in [0.2, 0.25) is 0 Å². The highest BCUT2D eigenvalue weighted by Gasteiger charge is 2.44. The number of carbonyl (C=O) groups is 8. The minimum atomic E-state index is -1.40. The lowest BCUT2D eigenvalue weighted by Gasteiger charge is -2.25. The molecule has 1 aliphatic heterocycles. The number of benzene rings is 1. The van der Waals surface area contributed by atoms with E-state index in [-0.39, 0.29) is 42.2 Å². The van der Waals surface area contributed by atoms with Crippen LogP contribution in [-0.4, -0.2) is 84.9 Å². The molecule has 2 N–H and O–H groups in total. The van der Waals surface area contributed by atoms with Crippen LogP contribution in [0.25, 0.3) is 0 Å². The number of ether oxygens (including phenoxy) is 4. The van der Waals surface area contributed by atoms with Gasteiger partial charge in [0, 0.05) is 9.75 Å². The number of imide groups is 1. The van der Waals surface area contributed by atoms with Crippen molar-refractivity contribution in [2.45, 2.75) is 92.5 Å². The zero-order valence-electron chi connectivity index (χ0n) is 34.5. The Morgan fingerprint density at radius 3 is 1.72 bits per heavy atom. The molecule has 320 valence electrons. The second-order valence-corrected chi connectivity index (χ2v) is 17.9. The van der Waals surface area contributed by atoms with E-state index < -0.39 is 66.8 Å². The fourth-order valence-electron chi connectivity index (χ4n) is 7.71. The maximum atomic E-state index is 13.8. The summed E-state index contributed by atoms with van der Waals surface area (Å²) in [7, 11) is 0. The van der Waals surface area contributed by atoms with Gasteiger partial charge in [0.1, 0.15) is 16.0 Å². The monoisotopic (exact) mass is 863 g/mol. The topological polar surface area (TPSA) is 201 Å². The predicted molar refractivity (Wildman–Crippen MR) is 222 cm³/mol. The molecule has 3 atom stereocenters. The Bertz CT molecular complexity index is 2240. The Labute approximate surface area is 355 Å². The molecule has 6 rings (SSSR count). The fourth-order valence-corrected chi connectivity index (χ4v) is 10.5. The maximum absolute atomic E-state index is 13.8. The number of rotatable bonds is 15. The van der Waals surface area contributed by atoms with Crippen LogP contribution in [0.4, 0.5) is 10.0 Å². The highest BCUT2D eigenvalue weighted by Crippen LogP contribution is 2.41. The number of nitrogens with one attached hydrogen (secondary N) is 2. The molecule has 0 fully saturated rings. The molecule has 60 heavy (non-hydrogen) atoms. The summed E-state index contributed by atoms with van der Waals surface area (Å²) in [6, 6.07) is 2.30. The summed E-state index contributed by atoms with van der Waals surface area (Å²) in [5.41, 5.74) is 1.99. The van der Waals surface area contributed by atoms with E-state index in [1.807, 2.05) is 0 Å². The summed E-state index contributed by atoms with van der Waals surface area (Å²) in [4.78, 5) is 109. The van der Waals surface area contributed by atoms with Crippen molar-refractivity contribution in [1.29, 1.82) is 0 Å². The van der Waals surface area contributed by atoms with Crippen molar-refractivity contribution in [2.24, 2.45) is 17.8 Å². The number of hydrogen-bond acceptors (Lipinski definition) is 14. The second-order valence-electron chi connectivity index (χ2n) is 15.7. The van der Waals surface area contributed by atoms with Gasteiger partial charge in [-0.1, -0.05) is 27.7 Å². The van der Waals surface area contributed by atoms with Gasteiger partial charge in [-0.15, -0.1) is 22.7 Å².